The summed E-state index contributed by atoms with van der Waals surface area (Å²) in [6, 6.07) is 9.70. The second kappa shape index (κ2) is 7.94. The SMILES string of the molecule is CS(=O)(=O)Nc1ccc(C(F)(F)F)cc1NC(=O)CC1CCOc2ccccc21. The summed E-state index contributed by atoms with van der Waals surface area (Å²) in [4.78, 5) is 12.6. The Balaban J connectivity index is 1.83. The van der Waals surface area contributed by atoms with E-state index in [1.807, 2.05) is 18.2 Å². The fraction of sp³-hybridized carbons (Fsp3) is 0.316. The average molecular weight is 428 g/mol. The molecule has 1 aliphatic heterocycles. The van der Waals surface area contributed by atoms with Crippen LogP contribution in [0.4, 0.5) is 24.5 Å². The smallest absolute Gasteiger partial charge is 0.416 e. The van der Waals surface area contributed by atoms with E-state index in [4.69, 9.17) is 4.74 Å². The fourth-order valence-corrected chi connectivity index (χ4v) is 3.74. The molecule has 0 aliphatic carbocycles. The van der Waals surface area contributed by atoms with Gasteiger partial charge in [-0.05, 0) is 42.2 Å². The molecule has 29 heavy (non-hydrogen) atoms. The van der Waals surface area contributed by atoms with Crippen molar-refractivity contribution in [3.8, 4) is 5.75 Å². The maximum Gasteiger partial charge on any atom is 0.416 e. The predicted molar refractivity (Wildman–Crippen MR) is 102 cm³/mol. The van der Waals surface area contributed by atoms with Crippen LogP contribution in [0.15, 0.2) is 42.5 Å². The summed E-state index contributed by atoms with van der Waals surface area (Å²) in [5.74, 6) is -0.00491. The summed E-state index contributed by atoms with van der Waals surface area (Å²) in [7, 11) is -3.75. The zero-order valence-electron chi connectivity index (χ0n) is 15.4. The molecule has 2 N–H and O–H groups in total. The Labute approximate surface area is 166 Å². The van der Waals surface area contributed by atoms with Crippen LogP contribution in [0.25, 0.3) is 0 Å². The van der Waals surface area contributed by atoms with Crippen molar-refractivity contribution in [2.75, 3.05) is 22.9 Å². The van der Waals surface area contributed by atoms with Crippen molar-refractivity contribution < 1.29 is 31.1 Å². The number of amides is 1. The lowest BCUT2D eigenvalue weighted by atomic mass is 9.90. The van der Waals surface area contributed by atoms with Crippen LogP contribution in [-0.2, 0) is 21.0 Å². The van der Waals surface area contributed by atoms with E-state index in [1.165, 1.54) is 0 Å². The van der Waals surface area contributed by atoms with Crippen molar-refractivity contribution in [1.82, 2.24) is 0 Å². The highest BCUT2D eigenvalue weighted by atomic mass is 32.2. The minimum atomic E-state index is -4.64. The summed E-state index contributed by atoms with van der Waals surface area (Å²) >= 11 is 0. The van der Waals surface area contributed by atoms with Gasteiger partial charge in [0.15, 0.2) is 0 Å². The van der Waals surface area contributed by atoms with E-state index in [0.29, 0.717) is 24.8 Å². The molecule has 0 bridgehead atoms. The van der Waals surface area contributed by atoms with Crippen molar-refractivity contribution >= 4 is 27.3 Å². The summed E-state index contributed by atoms with van der Waals surface area (Å²) < 4.78 is 69.8. The van der Waals surface area contributed by atoms with Crippen LogP contribution in [0.5, 0.6) is 5.75 Å². The molecule has 2 aromatic carbocycles. The molecule has 0 radical (unpaired) electrons. The van der Waals surface area contributed by atoms with E-state index >= 15 is 0 Å². The number of sulfonamides is 1. The van der Waals surface area contributed by atoms with Crippen molar-refractivity contribution in [2.45, 2.75) is 24.9 Å². The molecule has 1 atom stereocenters. The van der Waals surface area contributed by atoms with Gasteiger partial charge in [-0.3, -0.25) is 9.52 Å². The third-order valence-electron chi connectivity index (χ3n) is 4.43. The van der Waals surface area contributed by atoms with Crippen LogP contribution in [0.2, 0.25) is 0 Å². The highest BCUT2D eigenvalue weighted by molar-refractivity contribution is 7.92. The highest BCUT2D eigenvalue weighted by Crippen LogP contribution is 2.37. The number of hydrogen-bond acceptors (Lipinski definition) is 4. The maximum absolute atomic E-state index is 13.0. The Bertz CT molecular complexity index is 1020. The number of halogens is 3. The van der Waals surface area contributed by atoms with E-state index in [-0.39, 0.29) is 23.7 Å². The van der Waals surface area contributed by atoms with Crippen LogP contribution in [0, 0.1) is 0 Å². The molecule has 0 aromatic heterocycles. The third kappa shape index (κ3) is 5.41. The Morgan fingerprint density at radius 3 is 2.59 bits per heavy atom. The van der Waals surface area contributed by atoms with Crippen molar-refractivity contribution in [1.29, 1.82) is 0 Å². The number of anilines is 2. The van der Waals surface area contributed by atoms with Crippen molar-refractivity contribution in [3.05, 3.63) is 53.6 Å². The summed E-state index contributed by atoms with van der Waals surface area (Å²) in [6.07, 6.45) is -3.16. The first kappa shape index (κ1) is 21.0. The monoisotopic (exact) mass is 428 g/mol. The summed E-state index contributed by atoms with van der Waals surface area (Å²) in [6.45, 7) is 0.430. The molecular formula is C19H19F3N2O4S. The molecular weight excluding hydrogens is 409 g/mol. The number of alkyl halides is 3. The lowest BCUT2D eigenvalue weighted by Gasteiger charge is -2.25. The second-order valence-corrected chi connectivity index (χ2v) is 8.50. The zero-order chi connectivity index (χ0) is 21.2. The molecule has 10 heteroatoms. The first-order valence-electron chi connectivity index (χ1n) is 8.73. The minimum absolute atomic E-state index is 0.0228. The Kier molecular flexibility index (Phi) is 5.74. The lowest BCUT2D eigenvalue weighted by molar-refractivity contribution is -0.137. The summed E-state index contributed by atoms with van der Waals surface area (Å²) in [5.41, 5.74) is -0.535. The average Bonchev–Trinajstić information content (AvgIpc) is 2.61. The molecule has 156 valence electrons. The van der Waals surface area contributed by atoms with E-state index in [1.54, 1.807) is 6.07 Å². The zero-order valence-corrected chi connectivity index (χ0v) is 16.2. The van der Waals surface area contributed by atoms with Gasteiger partial charge in [0.05, 0.1) is 29.8 Å². The molecule has 0 fully saturated rings. The number of carbonyl (C=O) groups excluding carboxylic acids is 1. The van der Waals surface area contributed by atoms with E-state index in [2.05, 4.69) is 10.0 Å². The molecule has 0 spiro atoms. The quantitative estimate of drug-likeness (QED) is 0.755. The number of carbonyl (C=O) groups is 1. The topological polar surface area (TPSA) is 84.5 Å². The number of para-hydroxylation sites is 1. The number of fused-ring (bicyclic) bond motifs is 1. The normalized spacial score (nSPS) is 16.5. The van der Waals surface area contributed by atoms with E-state index in [9.17, 15) is 26.4 Å². The van der Waals surface area contributed by atoms with Gasteiger partial charge in [0.25, 0.3) is 0 Å². The number of benzene rings is 2. The van der Waals surface area contributed by atoms with Gasteiger partial charge in [0.1, 0.15) is 5.75 Å². The molecule has 2 aromatic rings. The van der Waals surface area contributed by atoms with Crippen LogP contribution in [0.1, 0.15) is 29.9 Å². The first-order valence-corrected chi connectivity index (χ1v) is 10.6. The van der Waals surface area contributed by atoms with Crippen LogP contribution in [0.3, 0.4) is 0 Å². The van der Waals surface area contributed by atoms with Crippen LogP contribution >= 0.6 is 0 Å². The first-order chi connectivity index (χ1) is 13.5. The van der Waals surface area contributed by atoms with Gasteiger partial charge in [-0.15, -0.1) is 0 Å². The molecule has 1 amide bonds. The van der Waals surface area contributed by atoms with Gasteiger partial charge in [0.2, 0.25) is 15.9 Å². The van der Waals surface area contributed by atoms with Gasteiger partial charge in [-0.2, -0.15) is 13.2 Å². The summed E-state index contributed by atoms with van der Waals surface area (Å²) in [5, 5.41) is 2.42. The fourth-order valence-electron chi connectivity index (χ4n) is 3.17. The number of ether oxygens (including phenoxy) is 1. The highest BCUT2D eigenvalue weighted by Gasteiger charge is 2.32. The Hall–Kier alpha value is -2.75. The van der Waals surface area contributed by atoms with Gasteiger partial charge in [-0.25, -0.2) is 8.42 Å². The predicted octanol–water partition coefficient (Wildman–Crippen LogP) is 3.97. The second-order valence-electron chi connectivity index (χ2n) is 6.76. The molecule has 6 nitrogen and oxygen atoms in total. The van der Waals surface area contributed by atoms with E-state index in [0.717, 1.165) is 24.0 Å². The number of rotatable bonds is 5. The van der Waals surface area contributed by atoms with Crippen LogP contribution in [-0.4, -0.2) is 27.2 Å². The van der Waals surface area contributed by atoms with Gasteiger partial charge < -0.3 is 10.1 Å². The Morgan fingerprint density at radius 2 is 1.90 bits per heavy atom. The largest absolute Gasteiger partial charge is 0.493 e. The van der Waals surface area contributed by atoms with Gasteiger partial charge >= 0.3 is 6.18 Å². The van der Waals surface area contributed by atoms with Gasteiger partial charge in [0, 0.05) is 6.42 Å². The van der Waals surface area contributed by atoms with Crippen molar-refractivity contribution in [2.24, 2.45) is 0 Å². The lowest BCUT2D eigenvalue weighted by Crippen LogP contribution is -2.22. The molecule has 1 unspecified atom stereocenters. The van der Waals surface area contributed by atoms with Crippen molar-refractivity contribution in [3.63, 3.8) is 0 Å². The third-order valence-corrected chi connectivity index (χ3v) is 5.02. The molecule has 0 saturated heterocycles. The molecule has 0 saturated carbocycles. The van der Waals surface area contributed by atoms with Gasteiger partial charge in [-0.1, -0.05) is 18.2 Å². The van der Waals surface area contributed by atoms with E-state index < -0.39 is 27.7 Å². The molecule has 1 aliphatic rings. The molecule has 3 rings (SSSR count). The molecule has 1 heterocycles. The standard InChI is InChI=1S/C19H19F3N2O4S/c1-29(26,27)24-15-7-6-13(19(20,21)22)11-16(15)23-18(25)10-12-8-9-28-17-5-3-2-4-14(12)17/h2-7,11-12,24H,8-10H2,1H3,(H,23,25). The van der Waals surface area contributed by atoms with Crippen LogP contribution < -0.4 is 14.8 Å². The Morgan fingerprint density at radius 1 is 1.17 bits per heavy atom. The number of nitrogens with one attached hydrogen (secondary N) is 2. The maximum atomic E-state index is 13.0. The number of hydrogen-bond donors (Lipinski definition) is 2. The minimum Gasteiger partial charge on any atom is -0.493 e.